The van der Waals surface area contributed by atoms with Gasteiger partial charge in [-0.2, -0.15) is 0 Å². The number of aliphatic hydroxyl groups is 1. The lowest BCUT2D eigenvalue weighted by atomic mass is 10.1. The number of hydrogen-bond acceptors (Lipinski definition) is 4. The summed E-state index contributed by atoms with van der Waals surface area (Å²) in [5.74, 6) is 0. The number of aromatic nitrogens is 2. The van der Waals surface area contributed by atoms with Gasteiger partial charge in [0.05, 0.1) is 17.5 Å². The van der Waals surface area contributed by atoms with E-state index in [-0.39, 0.29) is 6.10 Å². The summed E-state index contributed by atoms with van der Waals surface area (Å²) >= 11 is 7.68. The largest absolute Gasteiger partial charge is 0.393 e. The summed E-state index contributed by atoms with van der Waals surface area (Å²) < 4.78 is 2.19. The molecule has 4 rings (SSSR count). The molecule has 1 fully saturated rings. The van der Waals surface area contributed by atoms with Crippen molar-refractivity contribution in [1.82, 2.24) is 14.3 Å². The number of thiazole rings is 1. The molecule has 0 aliphatic carbocycles. The Morgan fingerprint density at radius 1 is 1.21 bits per heavy atom. The molecule has 0 saturated carbocycles. The van der Waals surface area contributed by atoms with Crippen molar-refractivity contribution in [2.45, 2.75) is 31.9 Å². The van der Waals surface area contributed by atoms with Gasteiger partial charge in [-0.3, -0.25) is 9.30 Å². The van der Waals surface area contributed by atoms with Crippen molar-refractivity contribution >= 4 is 27.9 Å². The molecule has 24 heavy (non-hydrogen) atoms. The first-order chi connectivity index (χ1) is 11.7. The third-order valence-corrected chi connectivity index (χ3v) is 5.65. The summed E-state index contributed by atoms with van der Waals surface area (Å²) in [6.45, 7) is 2.80. The Hall–Kier alpha value is -1.40. The molecule has 1 N–H and O–H groups in total. The van der Waals surface area contributed by atoms with Gasteiger partial charge in [-0.15, -0.1) is 11.3 Å². The molecule has 0 radical (unpaired) electrons. The summed E-state index contributed by atoms with van der Waals surface area (Å²) in [4.78, 5) is 8.28. The fraction of sp³-hybridized carbons (Fsp3) is 0.389. The lowest BCUT2D eigenvalue weighted by molar-refractivity contribution is 0.154. The highest BCUT2D eigenvalue weighted by molar-refractivity contribution is 7.15. The molecule has 126 valence electrons. The van der Waals surface area contributed by atoms with Crippen LogP contribution in [0.25, 0.3) is 16.2 Å². The molecule has 0 spiro atoms. The number of benzene rings is 1. The van der Waals surface area contributed by atoms with Crippen LogP contribution in [0.15, 0.2) is 35.8 Å². The van der Waals surface area contributed by atoms with E-state index in [2.05, 4.69) is 20.9 Å². The first-order valence-corrected chi connectivity index (χ1v) is 9.57. The Morgan fingerprint density at radius 2 is 2.04 bits per heavy atom. The zero-order valence-electron chi connectivity index (χ0n) is 13.4. The maximum absolute atomic E-state index is 9.88. The topological polar surface area (TPSA) is 40.8 Å². The van der Waals surface area contributed by atoms with E-state index in [9.17, 15) is 5.11 Å². The maximum atomic E-state index is 9.88. The van der Waals surface area contributed by atoms with Crippen molar-refractivity contribution in [2.24, 2.45) is 0 Å². The normalized spacial score (nSPS) is 19.7. The number of halogens is 1. The van der Waals surface area contributed by atoms with Crippen LogP contribution in [0.5, 0.6) is 0 Å². The van der Waals surface area contributed by atoms with Gasteiger partial charge in [-0.05, 0) is 37.9 Å². The van der Waals surface area contributed by atoms with Crippen molar-refractivity contribution < 1.29 is 5.11 Å². The Morgan fingerprint density at radius 3 is 2.88 bits per heavy atom. The van der Waals surface area contributed by atoms with E-state index in [1.54, 1.807) is 11.3 Å². The summed E-state index contributed by atoms with van der Waals surface area (Å²) in [6, 6.07) is 7.89. The second-order valence-corrected chi connectivity index (χ2v) is 7.64. The van der Waals surface area contributed by atoms with Crippen molar-refractivity contribution in [1.29, 1.82) is 0 Å². The van der Waals surface area contributed by atoms with Crippen LogP contribution in [0.2, 0.25) is 5.02 Å². The van der Waals surface area contributed by atoms with Crippen molar-refractivity contribution in [3.8, 4) is 11.3 Å². The molecule has 1 aliphatic rings. The number of aliphatic hydroxyl groups excluding tert-OH is 1. The van der Waals surface area contributed by atoms with Gasteiger partial charge >= 0.3 is 0 Å². The van der Waals surface area contributed by atoms with Crippen LogP contribution in [0.3, 0.4) is 0 Å². The minimum Gasteiger partial charge on any atom is -0.393 e. The fourth-order valence-corrected chi connectivity index (χ4v) is 4.19. The highest BCUT2D eigenvalue weighted by atomic mass is 35.5. The van der Waals surface area contributed by atoms with Gasteiger partial charge in [0, 0.05) is 35.3 Å². The molecule has 1 aromatic carbocycles. The van der Waals surface area contributed by atoms with E-state index in [4.69, 9.17) is 16.6 Å². The molecule has 4 nitrogen and oxygen atoms in total. The molecule has 1 atom stereocenters. The second-order valence-electron chi connectivity index (χ2n) is 6.33. The minimum absolute atomic E-state index is 0.155. The monoisotopic (exact) mass is 361 g/mol. The van der Waals surface area contributed by atoms with Gasteiger partial charge in [0.25, 0.3) is 0 Å². The molecular formula is C18H20ClN3OS. The zero-order chi connectivity index (χ0) is 16.5. The molecule has 1 aliphatic heterocycles. The highest BCUT2D eigenvalue weighted by Gasteiger charge is 2.20. The van der Waals surface area contributed by atoms with E-state index in [1.807, 2.05) is 24.3 Å². The Balaban J connectivity index is 1.69. The first kappa shape index (κ1) is 16.1. The number of rotatable bonds is 3. The number of nitrogens with zero attached hydrogens (tertiary/aromatic N) is 3. The van der Waals surface area contributed by atoms with Crippen LogP contribution >= 0.6 is 22.9 Å². The molecular weight excluding hydrogens is 342 g/mol. The third-order valence-electron chi connectivity index (χ3n) is 4.64. The summed E-state index contributed by atoms with van der Waals surface area (Å²) in [7, 11) is 0. The van der Waals surface area contributed by atoms with Crippen LogP contribution in [0.4, 0.5) is 0 Å². The predicted molar refractivity (Wildman–Crippen MR) is 98.6 cm³/mol. The summed E-state index contributed by atoms with van der Waals surface area (Å²) in [5.41, 5.74) is 3.34. The molecule has 2 aromatic heterocycles. The van der Waals surface area contributed by atoms with Crippen LogP contribution in [-0.4, -0.2) is 38.6 Å². The van der Waals surface area contributed by atoms with Gasteiger partial charge in [-0.25, -0.2) is 4.98 Å². The number of fused-ring (bicyclic) bond motifs is 1. The average Bonchev–Trinajstić information content (AvgIpc) is 3.09. The van der Waals surface area contributed by atoms with Crippen LogP contribution in [-0.2, 0) is 6.54 Å². The quantitative estimate of drug-likeness (QED) is 0.764. The third kappa shape index (κ3) is 3.22. The van der Waals surface area contributed by atoms with Gasteiger partial charge in [0.1, 0.15) is 0 Å². The Bertz CT molecular complexity index is 827. The molecule has 6 heteroatoms. The molecule has 1 saturated heterocycles. The smallest absolute Gasteiger partial charge is 0.194 e. The van der Waals surface area contributed by atoms with Crippen molar-refractivity contribution in [2.75, 3.05) is 13.1 Å². The van der Waals surface area contributed by atoms with E-state index in [0.29, 0.717) is 0 Å². The van der Waals surface area contributed by atoms with E-state index < -0.39 is 0 Å². The second kappa shape index (κ2) is 6.84. The van der Waals surface area contributed by atoms with E-state index >= 15 is 0 Å². The number of hydrogen-bond donors (Lipinski definition) is 1. The number of imidazole rings is 1. The van der Waals surface area contributed by atoms with Gasteiger partial charge < -0.3 is 5.11 Å². The van der Waals surface area contributed by atoms with Gasteiger partial charge in [-0.1, -0.05) is 23.7 Å². The van der Waals surface area contributed by atoms with Crippen LogP contribution in [0.1, 0.15) is 25.0 Å². The standard InChI is InChI=1S/C18H20ClN3OS/c19-14-5-3-13(4-6-14)17-16(22-10-11-24-18(22)20-17)12-21-8-1-2-15(23)7-9-21/h3-6,10-11,15,23H,1-2,7-9,12H2. The fourth-order valence-electron chi connectivity index (χ4n) is 3.33. The molecule has 0 bridgehead atoms. The Kier molecular flexibility index (Phi) is 4.59. The zero-order valence-corrected chi connectivity index (χ0v) is 14.9. The molecule has 0 amide bonds. The maximum Gasteiger partial charge on any atom is 0.194 e. The Labute approximate surface area is 150 Å². The van der Waals surface area contributed by atoms with E-state index in [1.165, 1.54) is 5.69 Å². The number of likely N-dealkylation sites (tertiary alicyclic amines) is 1. The van der Waals surface area contributed by atoms with E-state index in [0.717, 1.165) is 60.1 Å². The highest BCUT2D eigenvalue weighted by Crippen LogP contribution is 2.29. The SMILES string of the molecule is OC1CCCN(Cc2c(-c3ccc(Cl)cc3)nc3sccn23)CC1. The van der Waals surface area contributed by atoms with Crippen LogP contribution < -0.4 is 0 Å². The van der Waals surface area contributed by atoms with Crippen molar-refractivity contribution in [3.05, 3.63) is 46.6 Å². The molecule has 1 unspecified atom stereocenters. The lowest BCUT2D eigenvalue weighted by Crippen LogP contribution is -2.25. The average molecular weight is 362 g/mol. The first-order valence-electron chi connectivity index (χ1n) is 8.31. The lowest BCUT2D eigenvalue weighted by Gasteiger charge is -2.20. The van der Waals surface area contributed by atoms with Gasteiger partial charge in [0.15, 0.2) is 4.96 Å². The predicted octanol–water partition coefficient (Wildman–Crippen LogP) is 4.06. The summed E-state index contributed by atoms with van der Waals surface area (Å²) in [5, 5.41) is 12.7. The molecule has 3 aromatic rings. The van der Waals surface area contributed by atoms with Gasteiger partial charge in [0.2, 0.25) is 0 Å². The summed E-state index contributed by atoms with van der Waals surface area (Å²) in [6.07, 6.45) is 4.73. The van der Waals surface area contributed by atoms with Crippen LogP contribution in [0, 0.1) is 0 Å². The molecule has 3 heterocycles. The van der Waals surface area contributed by atoms with Crippen molar-refractivity contribution in [3.63, 3.8) is 0 Å². The minimum atomic E-state index is -0.155.